The van der Waals surface area contributed by atoms with Gasteiger partial charge in [0.05, 0.1) is 10.2 Å². The lowest BCUT2D eigenvalue weighted by Crippen LogP contribution is -2.35. The Hall–Kier alpha value is -0.880. The minimum atomic E-state index is -0.233. The number of nitrogens with one attached hydrogen (secondary N) is 1. The van der Waals surface area contributed by atoms with Gasteiger partial charge in [0.2, 0.25) is 5.91 Å². The summed E-state index contributed by atoms with van der Waals surface area (Å²) in [5, 5.41) is 7.36. The van der Waals surface area contributed by atoms with Crippen molar-refractivity contribution in [2.45, 2.75) is 45.8 Å². The average Bonchev–Trinajstić information content (AvgIpc) is 3.00. The van der Waals surface area contributed by atoms with E-state index in [-0.39, 0.29) is 12.0 Å². The van der Waals surface area contributed by atoms with Crippen molar-refractivity contribution in [1.82, 2.24) is 15.1 Å². The van der Waals surface area contributed by atoms with Gasteiger partial charge in [-0.1, -0.05) is 0 Å². The lowest BCUT2D eigenvalue weighted by Gasteiger charge is -2.10. The van der Waals surface area contributed by atoms with Crippen LogP contribution in [0.2, 0.25) is 0 Å². The molecule has 0 aliphatic carbocycles. The van der Waals surface area contributed by atoms with Crippen molar-refractivity contribution < 1.29 is 9.53 Å². The zero-order valence-corrected chi connectivity index (χ0v) is 13.0. The third-order valence-electron chi connectivity index (χ3n) is 3.36. The van der Waals surface area contributed by atoms with Crippen LogP contribution in [0, 0.1) is 13.8 Å². The van der Waals surface area contributed by atoms with Gasteiger partial charge in [-0.15, -0.1) is 0 Å². The Labute approximate surface area is 121 Å². The summed E-state index contributed by atoms with van der Waals surface area (Å²) in [7, 11) is 0. The van der Waals surface area contributed by atoms with Crippen LogP contribution in [0.15, 0.2) is 4.47 Å². The number of aryl methyl sites for hydroxylation is 2. The molecule has 1 amide bonds. The molecule has 0 bridgehead atoms. The molecule has 1 atom stereocenters. The second-order valence-electron chi connectivity index (χ2n) is 4.85. The summed E-state index contributed by atoms with van der Waals surface area (Å²) in [5.41, 5.74) is 2.13. The van der Waals surface area contributed by atoms with Crippen molar-refractivity contribution in [3.05, 3.63) is 15.9 Å². The second-order valence-corrected chi connectivity index (χ2v) is 5.65. The van der Waals surface area contributed by atoms with Crippen LogP contribution in [-0.4, -0.2) is 34.9 Å². The van der Waals surface area contributed by atoms with Crippen LogP contribution in [0.3, 0.4) is 0 Å². The predicted octanol–water partition coefficient (Wildman–Crippen LogP) is 1.95. The highest BCUT2D eigenvalue weighted by atomic mass is 79.9. The highest BCUT2D eigenvalue weighted by Crippen LogP contribution is 2.19. The van der Waals surface area contributed by atoms with Gasteiger partial charge in [0.25, 0.3) is 0 Å². The summed E-state index contributed by atoms with van der Waals surface area (Å²) in [4.78, 5) is 11.7. The van der Waals surface area contributed by atoms with E-state index in [1.54, 1.807) is 0 Å². The molecule has 1 unspecified atom stereocenters. The third-order valence-corrected chi connectivity index (χ3v) is 4.51. The van der Waals surface area contributed by atoms with Crippen molar-refractivity contribution in [3.8, 4) is 0 Å². The largest absolute Gasteiger partial charge is 0.368 e. The Morgan fingerprint density at radius 1 is 1.58 bits per heavy atom. The van der Waals surface area contributed by atoms with E-state index in [1.807, 2.05) is 18.5 Å². The molecule has 0 aromatic carbocycles. The molecule has 1 aliphatic heterocycles. The van der Waals surface area contributed by atoms with E-state index in [2.05, 4.69) is 26.3 Å². The minimum Gasteiger partial charge on any atom is -0.368 e. The normalized spacial score (nSPS) is 18.8. The van der Waals surface area contributed by atoms with E-state index in [9.17, 15) is 4.79 Å². The Bertz CT molecular complexity index is 453. The molecular weight excluding hydrogens is 310 g/mol. The standard InChI is InChI=1S/C13H20BrN3O2/c1-9-12(14)10(2)17(16-9)7-4-6-15-13(18)11-5-3-8-19-11/h11H,3-8H2,1-2H3,(H,15,18). The van der Waals surface area contributed by atoms with Gasteiger partial charge in [0.15, 0.2) is 0 Å². The second kappa shape index (κ2) is 6.52. The van der Waals surface area contributed by atoms with Gasteiger partial charge in [0, 0.05) is 25.4 Å². The Kier molecular flexibility index (Phi) is 4.99. The molecule has 2 rings (SSSR count). The number of carbonyl (C=O) groups is 1. The first kappa shape index (κ1) is 14.5. The van der Waals surface area contributed by atoms with E-state index in [0.29, 0.717) is 13.2 Å². The maximum atomic E-state index is 11.7. The maximum Gasteiger partial charge on any atom is 0.249 e. The van der Waals surface area contributed by atoms with E-state index in [1.165, 1.54) is 0 Å². The molecular formula is C13H20BrN3O2. The Balaban J connectivity index is 1.71. The molecule has 19 heavy (non-hydrogen) atoms. The summed E-state index contributed by atoms with van der Waals surface area (Å²) in [6.45, 7) is 6.19. The number of amides is 1. The van der Waals surface area contributed by atoms with Crippen molar-refractivity contribution >= 4 is 21.8 Å². The van der Waals surface area contributed by atoms with Crippen LogP contribution in [0.25, 0.3) is 0 Å². The van der Waals surface area contributed by atoms with Gasteiger partial charge >= 0.3 is 0 Å². The molecule has 1 saturated heterocycles. The zero-order valence-electron chi connectivity index (χ0n) is 11.4. The van der Waals surface area contributed by atoms with Crippen LogP contribution >= 0.6 is 15.9 Å². The number of hydrogen-bond acceptors (Lipinski definition) is 3. The third kappa shape index (κ3) is 3.57. The molecule has 5 nitrogen and oxygen atoms in total. The molecule has 1 aromatic heterocycles. The van der Waals surface area contributed by atoms with Gasteiger partial charge in [-0.2, -0.15) is 5.10 Å². The maximum absolute atomic E-state index is 11.7. The lowest BCUT2D eigenvalue weighted by atomic mass is 10.2. The van der Waals surface area contributed by atoms with E-state index >= 15 is 0 Å². The number of aromatic nitrogens is 2. The lowest BCUT2D eigenvalue weighted by molar-refractivity contribution is -0.130. The zero-order chi connectivity index (χ0) is 13.8. The van der Waals surface area contributed by atoms with Gasteiger partial charge in [-0.25, -0.2) is 0 Å². The fourth-order valence-corrected chi connectivity index (χ4v) is 2.52. The summed E-state index contributed by atoms with van der Waals surface area (Å²) in [6, 6.07) is 0. The molecule has 1 fully saturated rings. The van der Waals surface area contributed by atoms with E-state index in [0.717, 1.165) is 41.7 Å². The Morgan fingerprint density at radius 2 is 2.37 bits per heavy atom. The molecule has 1 N–H and O–H groups in total. The number of ether oxygens (including phenoxy) is 1. The first-order valence-electron chi connectivity index (χ1n) is 6.68. The van der Waals surface area contributed by atoms with E-state index < -0.39 is 0 Å². The molecule has 6 heteroatoms. The number of halogens is 1. The highest BCUT2D eigenvalue weighted by molar-refractivity contribution is 9.10. The van der Waals surface area contributed by atoms with Gasteiger partial charge < -0.3 is 10.1 Å². The topological polar surface area (TPSA) is 56.2 Å². The van der Waals surface area contributed by atoms with Gasteiger partial charge in [0.1, 0.15) is 6.10 Å². The molecule has 0 spiro atoms. The van der Waals surface area contributed by atoms with Crippen molar-refractivity contribution in [1.29, 1.82) is 0 Å². The van der Waals surface area contributed by atoms with Crippen LogP contribution in [0.5, 0.6) is 0 Å². The predicted molar refractivity (Wildman–Crippen MR) is 76.0 cm³/mol. The van der Waals surface area contributed by atoms with Crippen molar-refractivity contribution in [2.75, 3.05) is 13.2 Å². The van der Waals surface area contributed by atoms with Crippen LogP contribution < -0.4 is 5.32 Å². The monoisotopic (exact) mass is 329 g/mol. The van der Waals surface area contributed by atoms with Crippen molar-refractivity contribution in [3.63, 3.8) is 0 Å². The highest BCUT2D eigenvalue weighted by Gasteiger charge is 2.22. The number of rotatable bonds is 5. The molecule has 106 valence electrons. The number of carbonyl (C=O) groups excluding carboxylic acids is 1. The molecule has 2 heterocycles. The number of hydrogen-bond donors (Lipinski definition) is 1. The summed E-state index contributed by atoms with van der Waals surface area (Å²) in [5.74, 6) is 0.0204. The van der Waals surface area contributed by atoms with E-state index in [4.69, 9.17) is 4.74 Å². The number of nitrogens with zero attached hydrogens (tertiary/aromatic N) is 2. The summed E-state index contributed by atoms with van der Waals surface area (Å²) >= 11 is 3.51. The smallest absolute Gasteiger partial charge is 0.249 e. The van der Waals surface area contributed by atoms with Crippen LogP contribution in [0.1, 0.15) is 30.7 Å². The average molecular weight is 330 g/mol. The van der Waals surface area contributed by atoms with Crippen LogP contribution in [-0.2, 0) is 16.1 Å². The molecule has 1 aliphatic rings. The van der Waals surface area contributed by atoms with Crippen molar-refractivity contribution in [2.24, 2.45) is 0 Å². The minimum absolute atomic E-state index is 0.0204. The SMILES string of the molecule is Cc1nn(CCCNC(=O)C2CCCO2)c(C)c1Br. The Morgan fingerprint density at radius 3 is 2.95 bits per heavy atom. The van der Waals surface area contributed by atoms with Gasteiger partial charge in [-0.05, 0) is 49.0 Å². The molecule has 0 saturated carbocycles. The fraction of sp³-hybridized carbons (Fsp3) is 0.692. The first-order valence-corrected chi connectivity index (χ1v) is 7.47. The molecule has 0 radical (unpaired) electrons. The quantitative estimate of drug-likeness (QED) is 0.840. The molecule has 1 aromatic rings. The summed E-state index contributed by atoms with van der Waals surface area (Å²) < 4.78 is 8.37. The van der Waals surface area contributed by atoms with Crippen LogP contribution in [0.4, 0.5) is 0 Å². The van der Waals surface area contributed by atoms with Gasteiger partial charge in [-0.3, -0.25) is 9.48 Å². The summed E-state index contributed by atoms with van der Waals surface area (Å²) in [6.07, 6.45) is 2.46. The fourth-order valence-electron chi connectivity index (χ4n) is 2.23. The first-order chi connectivity index (χ1) is 9.09.